The molecular formula is C23H21Cl2N3O2. The van der Waals surface area contributed by atoms with Crippen LogP contribution in [0.15, 0.2) is 48.5 Å². The molecule has 0 radical (unpaired) electrons. The molecule has 4 rings (SSSR count). The van der Waals surface area contributed by atoms with Gasteiger partial charge in [-0.15, -0.1) is 0 Å². The van der Waals surface area contributed by atoms with Gasteiger partial charge >= 0.3 is 0 Å². The second kappa shape index (κ2) is 8.09. The van der Waals surface area contributed by atoms with Crippen molar-refractivity contribution < 1.29 is 9.47 Å². The van der Waals surface area contributed by atoms with Crippen LogP contribution in [0.5, 0.6) is 11.5 Å². The van der Waals surface area contributed by atoms with Gasteiger partial charge in [0.1, 0.15) is 11.5 Å². The molecule has 1 heterocycles. The molecule has 4 aromatic rings. The Bertz CT molecular complexity index is 1250. The fraction of sp³-hybridized carbons (Fsp3) is 0.174. The molecule has 0 fully saturated rings. The average Bonchev–Trinajstić information content (AvgIpc) is 3.05. The first-order valence-corrected chi connectivity index (χ1v) is 10.1. The summed E-state index contributed by atoms with van der Waals surface area (Å²) in [4.78, 5) is 4.80. The number of anilines is 2. The van der Waals surface area contributed by atoms with Gasteiger partial charge in [-0.3, -0.25) is 0 Å². The Balaban J connectivity index is 1.90. The molecule has 0 saturated heterocycles. The van der Waals surface area contributed by atoms with E-state index in [-0.39, 0.29) is 0 Å². The van der Waals surface area contributed by atoms with Crippen LogP contribution in [-0.4, -0.2) is 23.8 Å². The molecule has 0 aliphatic rings. The van der Waals surface area contributed by atoms with Gasteiger partial charge in [-0.25, -0.2) is 4.98 Å². The first-order chi connectivity index (χ1) is 14.4. The van der Waals surface area contributed by atoms with Gasteiger partial charge in [0.2, 0.25) is 5.95 Å². The van der Waals surface area contributed by atoms with Crippen molar-refractivity contribution in [3.63, 3.8) is 0 Å². The van der Waals surface area contributed by atoms with E-state index < -0.39 is 0 Å². The summed E-state index contributed by atoms with van der Waals surface area (Å²) in [5.41, 5.74) is 5.33. The van der Waals surface area contributed by atoms with Crippen molar-refractivity contribution in [1.29, 1.82) is 0 Å². The molecule has 1 N–H and O–H groups in total. The number of nitrogens with zero attached hydrogens (tertiary/aromatic N) is 2. The summed E-state index contributed by atoms with van der Waals surface area (Å²) in [6.45, 7) is 1.97. The van der Waals surface area contributed by atoms with Gasteiger partial charge in [-0.05, 0) is 36.8 Å². The Morgan fingerprint density at radius 2 is 1.70 bits per heavy atom. The van der Waals surface area contributed by atoms with E-state index in [1.165, 1.54) is 0 Å². The van der Waals surface area contributed by atoms with Crippen LogP contribution in [0.4, 0.5) is 11.6 Å². The Kier molecular flexibility index (Phi) is 5.50. The van der Waals surface area contributed by atoms with Crippen LogP contribution in [0.1, 0.15) is 5.56 Å². The highest BCUT2D eigenvalue weighted by Crippen LogP contribution is 2.41. The molecule has 0 unspecified atom stereocenters. The fourth-order valence-electron chi connectivity index (χ4n) is 3.66. The number of fused-ring (bicyclic) bond motifs is 1. The zero-order valence-electron chi connectivity index (χ0n) is 17.1. The second-order valence-corrected chi connectivity index (χ2v) is 7.75. The van der Waals surface area contributed by atoms with E-state index in [0.717, 1.165) is 33.4 Å². The number of methoxy groups -OCH3 is 2. The van der Waals surface area contributed by atoms with Crippen molar-refractivity contribution >= 4 is 45.9 Å². The highest BCUT2D eigenvalue weighted by Gasteiger charge is 2.19. The summed E-state index contributed by atoms with van der Waals surface area (Å²) >= 11 is 12.7. The first kappa shape index (κ1) is 20.4. The number of hydrogen-bond acceptors (Lipinski definition) is 4. The van der Waals surface area contributed by atoms with Gasteiger partial charge in [0.15, 0.2) is 0 Å². The number of benzene rings is 3. The molecule has 0 aliphatic carbocycles. The SMILES string of the molecule is COc1cc(Cl)cc(C)c1Nc1nc2cccc(-c3c(Cl)cccc3OC)c2n1C. The monoisotopic (exact) mass is 441 g/mol. The maximum Gasteiger partial charge on any atom is 0.208 e. The molecule has 0 spiro atoms. The van der Waals surface area contributed by atoms with E-state index in [9.17, 15) is 0 Å². The summed E-state index contributed by atoms with van der Waals surface area (Å²) in [7, 11) is 5.22. The average molecular weight is 442 g/mol. The molecule has 154 valence electrons. The van der Waals surface area contributed by atoms with Crippen molar-refractivity contribution in [1.82, 2.24) is 9.55 Å². The first-order valence-electron chi connectivity index (χ1n) is 9.34. The topological polar surface area (TPSA) is 48.3 Å². The van der Waals surface area contributed by atoms with Crippen LogP contribution < -0.4 is 14.8 Å². The number of para-hydroxylation sites is 1. The van der Waals surface area contributed by atoms with E-state index >= 15 is 0 Å². The maximum absolute atomic E-state index is 6.55. The van der Waals surface area contributed by atoms with Crippen molar-refractivity contribution in [3.8, 4) is 22.6 Å². The molecular weight excluding hydrogens is 421 g/mol. The predicted octanol–water partition coefficient (Wildman–Crippen LogP) is 6.62. The molecule has 30 heavy (non-hydrogen) atoms. The van der Waals surface area contributed by atoms with E-state index in [1.807, 2.05) is 61.0 Å². The Morgan fingerprint density at radius 1 is 0.967 bits per heavy atom. The van der Waals surface area contributed by atoms with Crippen LogP contribution >= 0.6 is 23.2 Å². The van der Waals surface area contributed by atoms with Gasteiger partial charge in [0.25, 0.3) is 0 Å². The molecule has 0 amide bonds. The Labute approximate surface area is 185 Å². The summed E-state index contributed by atoms with van der Waals surface area (Å²) in [5.74, 6) is 2.04. The quantitative estimate of drug-likeness (QED) is 0.378. The third-order valence-corrected chi connectivity index (χ3v) is 5.61. The minimum Gasteiger partial charge on any atom is -0.496 e. The number of halogens is 2. The minimum absolute atomic E-state index is 0.618. The van der Waals surface area contributed by atoms with Crippen molar-refractivity contribution in [3.05, 3.63) is 64.1 Å². The van der Waals surface area contributed by atoms with Crippen LogP contribution in [0.25, 0.3) is 22.2 Å². The lowest BCUT2D eigenvalue weighted by molar-refractivity contribution is 0.416. The van der Waals surface area contributed by atoms with E-state index in [1.54, 1.807) is 20.3 Å². The molecule has 0 atom stereocenters. The minimum atomic E-state index is 0.618. The van der Waals surface area contributed by atoms with E-state index in [2.05, 4.69) is 5.32 Å². The molecule has 7 heteroatoms. The predicted molar refractivity (Wildman–Crippen MR) is 124 cm³/mol. The lowest BCUT2D eigenvalue weighted by atomic mass is 10.0. The van der Waals surface area contributed by atoms with Gasteiger partial charge in [-0.2, -0.15) is 0 Å². The lowest BCUT2D eigenvalue weighted by Crippen LogP contribution is -2.03. The largest absolute Gasteiger partial charge is 0.496 e. The van der Waals surface area contributed by atoms with Gasteiger partial charge in [0, 0.05) is 29.3 Å². The highest BCUT2D eigenvalue weighted by atomic mass is 35.5. The van der Waals surface area contributed by atoms with Crippen molar-refractivity contribution in [2.24, 2.45) is 7.05 Å². The normalized spacial score (nSPS) is 11.0. The zero-order chi connectivity index (χ0) is 21.4. The molecule has 1 aromatic heterocycles. The third-order valence-electron chi connectivity index (χ3n) is 5.08. The van der Waals surface area contributed by atoms with Gasteiger partial charge in [-0.1, -0.05) is 41.4 Å². The number of aromatic nitrogens is 2. The van der Waals surface area contributed by atoms with Crippen LogP contribution in [0, 0.1) is 6.92 Å². The molecule has 0 saturated carbocycles. The smallest absolute Gasteiger partial charge is 0.208 e. The van der Waals surface area contributed by atoms with Gasteiger partial charge in [0.05, 0.1) is 36.0 Å². The number of hydrogen-bond donors (Lipinski definition) is 1. The Morgan fingerprint density at radius 3 is 2.43 bits per heavy atom. The van der Waals surface area contributed by atoms with Gasteiger partial charge < -0.3 is 19.4 Å². The number of ether oxygens (including phenoxy) is 2. The summed E-state index contributed by atoms with van der Waals surface area (Å²) in [5, 5.41) is 4.64. The van der Waals surface area contributed by atoms with Crippen molar-refractivity contribution in [2.45, 2.75) is 6.92 Å². The molecule has 3 aromatic carbocycles. The number of imidazole rings is 1. The van der Waals surface area contributed by atoms with E-state index in [0.29, 0.717) is 27.5 Å². The third kappa shape index (κ3) is 3.44. The Hall–Kier alpha value is -2.89. The standard InChI is InChI=1S/C23H21Cl2N3O2/c1-13-11-14(24)12-19(30-4)21(13)27-23-26-17-9-5-7-15(22(17)28(23)2)20-16(25)8-6-10-18(20)29-3/h5-12H,1-4H3,(H,26,27). The van der Waals surface area contributed by atoms with Crippen LogP contribution in [0.3, 0.4) is 0 Å². The lowest BCUT2D eigenvalue weighted by Gasteiger charge is -2.15. The number of rotatable bonds is 5. The number of nitrogens with one attached hydrogen (secondary N) is 1. The summed E-state index contributed by atoms with van der Waals surface area (Å²) < 4.78 is 13.1. The number of aryl methyl sites for hydroxylation is 2. The highest BCUT2D eigenvalue weighted by molar-refractivity contribution is 6.34. The molecule has 5 nitrogen and oxygen atoms in total. The zero-order valence-corrected chi connectivity index (χ0v) is 18.6. The van der Waals surface area contributed by atoms with Crippen LogP contribution in [0.2, 0.25) is 10.0 Å². The maximum atomic E-state index is 6.55. The molecule has 0 aliphatic heterocycles. The molecule has 0 bridgehead atoms. The van der Waals surface area contributed by atoms with E-state index in [4.69, 9.17) is 37.7 Å². The second-order valence-electron chi connectivity index (χ2n) is 6.91. The fourth-order valence-corrected chi connectivity index (χ4v) is 4.19. The summed E-state index contributed by atoms with van der Waals surface area (Å²) in [6.07, 6.45) is 0. The summed E-state index contributed by atoms with van der Waals surface area (Å²) in [6, 6.07) is 15.2. The van der Waals surface area contributed by atoms with Crippen molar-refractivity contribution in [2.75, 3.05) is 19.5 Å². The van der Waals surface area contributed by atoms with Crippen LogP contribution in [-0.2, 0) is 7.05 Å².